The zero-order valence-electron chi connectivity index (χ0n) is 17.6. The molecule has 0 radical (unpaired) electrons. The number of amides is 2. The summed E-state index contributed by atoms with van der Waals surface area (Å²) in [5.41, 5.74) is 3.15. The Bertz CT molecular complexity index is 717. The van der Waals surface area contributed by atoms with E-state index < -0.39 is 35.7 Å². The number of likely N-dealkylation sites (tertiary alicyclic amines) is 1. The molecule has 1 saturated heterocycles. The Balaban J connectivity index is 1.97. The first-order valence-corrected chi connectivity index (χ1v) is 9.88. The molecule has 1 aliphatic heterocycles. The topological polar surface area (TPSA) is 99.2 Å². The van der Waals surface area contributed by atoms with Gasteiger partial charge in [0, 0.05) is 13.6 Å². The number of hydrogen-bond acceptors (Lipinski definition) is 5. The first-order valence-electron chi connectivity index (χ1n) is 9.88. The van der Waals surface area contributed by atoms with E-state index in [0.717, 1.165) is 10.6 Å². The Morgan fingerprint density at radius 1 is 1.28 bits per heavy atom. The molecule has 1 aromatic carbocycles. The van der Waals surface area contributed by atoms with Gasteiger partial charge >= 0.3 is 18.0 Å². The Kier molecular flexibility index (Phi) is 7.61. The third kappa shape index (κ3) is 6.74. The molecule has 0 spiro atoms. The van der Waals surface area contributed by atoms with Crippen LogP contribution in [0.3, 0.4) is 0 Å². The number of nitrogens with zero attached hydrogens (tertiary/aromatic N) is 2. The smallest absolute Gasteiger partial charge is 0.334 e. The molecule has 1 aliphatic rings. The number of urea groups is 1. The molecular formula is C21H31N3O5. The Morgan fingerprint density at radius 2 is 1.93 bits per heavy atom. The predicted molar refractivity (Wildman–Crippen MR) is 108 cm³/mol. The van der Waals surface area contributed by atoms with E-state index in [1.807, 2.05) is 30.3 Å². The molecule has 2 N–H and O–H groups in total. The lowest BCUT2D eigenvalue weighted by Gasteiger charge is -2.31. The third-order valence-electron chi connectivity index (χ3n) is 4.68. The fraction of sp³-hybridized carbons (Fsp3) is 0.571. The molecule has 160 valence electrons. The largest absolute Gasteiger partial charge is 0.480 e. The normalized spacial score (nSPS) is 17.7. The zero-order chi connectivity index (χ0) is 21.6. The maximum absolute atomic E-state index is 12.8. The van der Waals surface area contributed by atoms with Crippen molar-refractivity contribution in [3.63, 3.8) is 0 Å². The summed E-state index contributed by atoms with van der Waals surface area (Å²) in [5.74, 6) is -1.47. The average molecular weight is 405 g/mol. The molecular weight excluding hydrogens is 374 g/mol. The monoisotopic (exact) mass is 405 g/mol. The summed E-state index contributed by atoms with van der Waals surface area (Å²) in [4.78, 5) is 38.4. The fourth-order valence-corrected chi connectivity index (χ4v) is 3.29. The van der Waals surface area contributed by atoms with Gasteiger partial charge in [-0.25, -0.2) is 15.0 Å². The first kappa shape index (κ1) is 22.7. The van der Waals surface area contributed by atoms with Crippen LogP contribution in [0.4, 0.5) is 4.79 Å². The SMILES string of the molecule is CN(NC(CCc1ccccc1)C(=O)O)C(=O)N1CCC[C@H]1C(=O)OC(C)(C)C. The van der Waals surface area contributed by atoms with Crippen LogP contribution in [0.5, 0.6) is 0 Å². The number of carbonyl (C=O) groups excluding carboxylic acids is 2. The highest BCUT2D eigenvalue weighted by molar-refractivity contribution is 5.84. The van der Waals surface area contributed by atoms with Crippen LogP contribution in [0.2, 0.25) is 0 Å². The Hall–Kier alpha value is -2.61. The van der Waals surface area contributed by atoms with Crippen molar-refractivity contribution >= 4 is 18.0 Å². The summed E-state index contributed by atoms with van der Waals surface area (Å²) in [7, 11) is 1.48. The lowest BCUT2D eigenvalue weighted by atomic mass is 10.1. The minimum Gasteiger partial charge on any atom is -0.480 e. The van der Waals surface area contributed by atoms with E-state index in [1.54, 1.807) is 20.8 Å². The second kappa shape index (κ2) is 9.73. The summed E-state index contributed by atoms with van der Waals surface area (Å²) in [5, 5.41) is 10.7. The molecule has 0 saturated carbocycles. The van der Waals surface area contributed by atoms with E-state index in [1.165, 1.54) is 11.9 Å². The van der Waals surface area contributed by atoms with Gasteiger partial charge in [-0.2, -0.15) is 0 Å². The molecule has 1 aromatic rings. The maximum atomic E-state index is 12.8. The minimum absolute atomic E-state index is 0.326. The van der Waals surface area contributed by atoms with Gasteiger partial charge in [-0.3, -0.25) is 9.80 Å². The number of benzene rings is 1. The molecule has 1 heterocycles. The van der Waals surface area contributed by atoms with E-state index in [0.29, 0.717) is 32.2 Å². The quantitative estimate of drug-likeness (QED) is 0.534. The second-order valence-corrected chi connectivity index (χ2v) is 8.27. The van der Waals surface area contributed by atoms with E-state index in [4.69, 9.17) is 4.74 Å². The van der Waals surface area contributed by atoms with Crippen molar-refractivity contribution < 1.29 is 24.2 Å². The summed E-state index contributed by atoms with van der Waals surface area (Å²) < 4.78 is 5.42. The number of aryl methyl sites for hydroxylation is 1. The Labute approximate surface area is 171 Å². The number of carbonyl (C=O) groups is 3. The van der Waals surface area contributed by atoms with E-state index in [2.05, 4.69) is 5.43 Å². The molecule has 0 bridgehead atoms. The maximum Gasteiger partial charge on any atom is 0.334 e. The number of aliphatic carboxylic acids is 1. The molecule has 29 heavy (non-hydrogen) atoms. The van der Waals surface area contributed by atoms with Crippen molar-refractivity contribution in [3.8, 4) is 0 Å². The summed E-state index contributed by atoms with van der Waals surface area (Å²) in [6, 6.07) is 7.55. The van der Waals surface area contributed by atoms with Gasteiger partial charge in [0.25, 0.3) is 0 Å². The van der Waals surface area contributed by atoms with Crippen molar-refractivity contribution in [2.45, 2.75) is 64.1 Å². The highest BCUT2D eigenvalue weighted by atomic mass is 16.6. The van der Waals surface area contributed by atoms with E-state index in [-0.39, 0.29) is 0 Å². The van der Waals surface area contributed by atoms with Gasteiger partial charge in [0.2, 0.25) is 0 Å². The lowest BCUT2D eigenvalue weighted by Crippen LogP contribution is -2.55. The van der Waals surface area contributed by atoms with Crippen LogP contribution in [-0.4, -0.2) is 64.3 Å². The molecule has 8 nitrogen and oxygen atoms in total. The lowest BCUT2D eigenvalue weighted by molar-refractivity contribution is -0.159. The third-order valence-corrected chi connectivity index (χ3v) is 4.68. The van der Waals surface area contributed by atoms with Crippen LogP contribution < -0.4 is 5.43 Å². The van der Waals surface area contributed by atoms with Gasteiger partial charge in [-0.05, 0) is 52.0 Å². The predicted octanol–water partition coefficient (Wildman–Crippen LogP) is 2.43. The fourth-order valence-electron chi connectivity index (χ4n) is 3.29. The summed E-state index contributed by atoms with van der Waals surface area (Å²) in [6.45, 7) is 5.77. The molecule has 2 atom stereocenters. The van der Waals surface area contributed by atoms with Crippen LogP contribution in [-0.2, 0) is 20.7 Å². The van der Waals surface area contributed by atoms with Gasteiger partial charge in [0.1, 0.15) is 17.7 Å². The standard InChI is InChI=1S/C21H31N3O5/c1-21(2,3)29-19(27)17-11-8-14-24(17)20(28)23(4)22-16(18(25)26)13-12-15-9-6-5-7-10-15/h5-7,9-10,16-17,22H,8,11-14H2,1-4H3,(H,25,26)/t16?,17-/m0/s1. The highest BCUT2D eigenvalue weighted by Crippen LogP contribution is 2.22. The first-order chi connectivity index (χ1) is 13.6. The highest BCUT2D eigenvalue weighted by Gasteiger charge is 2.38. The van der Waals surface area contributed by atoms with Crippen LogP contribution >= 0.6 is 0 Å². The van der Waals surface area contributed by atoms with Crippen molar-refractivity contribution in [2.75, 3.05) is 13.6 Å². The van der Waals surface area contributed by atoms with Gasteiger partial charge in [0.05, 0.1) is 0 Å². The van der Waals surface area contributed by atoms with Gasteiger partial charge < -0.3 is 14.7 Å². The molecule has 2 amide bonds. The number of hydrogen-bond donors (Lipinski definition) is 2. The molecule has 0 aliphatic carbocycles. The number of carboxylic acids is 1. The van der Waals surface area contributed by atoms with Crippen LogP contribution in [0.15, 0.2) is 30.3 Å². The molecule has 2 rings (SSSR count). The van der Waals surface area contributed by atoms with Crippen molar-refractivity contribution in [3.05, 3.63) is 35.9 Å². The van der Waals surface area contributed by atoms with Crippen LogP contribution in [0.1, 0.15) is 45.6 Å². The molecule has 0 aromatic heterocycles. The minimum atomic E-state index is -1.04. The zero-order valence-corrected chi connectivity index (χ0v) is 17.6. The average Bonchev–Trinajstić information content (AvgIpc) is 3.13. The Morgan fingerprint density at radius 3 is 2.52 bits per heavy atom. The number of carboxylic acid groups (broad SMARTS) is 1. The van der Waals surface area contributed by atoms with Crippen molar-refractivity contribution in [1.29, 1.82) is 0 Å². The van der Waals surface area contributed by atoms with Gasteiger partial charge in [-0.15, -0.1) is 0 Å². The van der Waals surface area contributed by atoms with Crippen molar-refractivity contribution in [2.24, 2.45) is 0 Å². The second-order valence-electron chi connectivity index (χ2n) is 8.27. The number of esters is 1. The number of nitrogens with one attached hydrogen (secondary N) is 1. The van der Waals surface area contributed by atoms with Gasteiger partial charge in [-0.1, -0.05) is 30.3 Å². The number of ether oxygens (including phenoxy) is 1. The molecule has 1 unspecified atom stereocenters. The van der Waals surface area contributed by atoms with E-state index >= 15 is 0 Å². The van der Waals surface area contributed by atoms with Crippen molar-refractivity contribution in [1.82, 2.24) is 15.3 Å². The van der Waals surface area contributed by atoms with Crippen LogP contribution in [0.25, 0.3) is 0 Å². The summed E-state index contributed by atoms with van der Waals surface area (Å²) in [6.07, 6.45) is 2.12. The number of hydrazine groups is 1. The molecule has 1 fully saturated rings. The molecule has 8 heteroatoms. The van der Waals surface area contributed by atoms with Crippen LogP contribution in [0, 0.1) is 0 Å². The van der Waals surface area contributed by atoms with Gasteiger partial charge in [0.15, 0.2) is 0 Å². The number of rotatable bonds is 7. The summed E-state index contributed by atoms with van der Waals surface area (Å²) >= 11 is 0. The van der Waals surface area contributed by atoms with E-state index in [9.17, 15) is 19.5 Å².